The van der Waals surface area contributed by atoms with E-state index in [-0.39, 0.29) is 12.0 Å². The summed E-state index contributed by atoms with van der Waals surface area (Å²) in [7, 11) is 1.58. The second-order valence-corrected chi connectivity index (χ2v) is 4.70. The molecule has 0 spiro atoms. The molecule has 0 fully saturated rings. The van der Waals surface area contributed by atoms with Crippen LogP contribution in [0.5, 0.6) is 0 Å². The Morgan fingerprint density at radius 3 is 2.74 bits per heavy atom. The van der Waals surface area contributed by atoms with Crippen LogP contribution >= 0.6 is 11.6 Å². The molecule has 3 N–H and O–H groups in total. The lowest BCUT2D eigenvalue weighted by Crippen LogP contribution is -2.32. The smallest absolute Gasteiger partial charge is 0.253 e. The van der Waals surface area contributed by atoms with Gasteiger partial charge in [-0.3, -0.25) is 4.79 Å². The van der Waals surface area contributed by atoms with Gasteiger partial charge in [0.1, 0.15) is 6.10 Å². The lowest BCUT2D eigenvalue weighted by atomic mass is 10.2. The van der Waals surface area contributed by atoms with E-state index in [0.29, 0.717) is 23.0 Å². The molecule has 1 rings (SSSR count). The Morgan fingerprint density at radius 1 is 1.47 bits per heavy atom. The quantitative estimate of drug-likeness (QED) is 0.787. The summed E-state index contributed by atoms with van der Waals surface area (Å²) in [6, 6.07) is 4.89. The molecule has 0 heterocycles. The van der Waals surface area contributed by atoms with Gasteiger partial charge in [0.2, 0.25) is 0 Å². The number of hydrogen-bond donors (Lipinski definition) is 2. The number of halogens is 1. The van der Waals surface area contributed by atoms with E-state index in [0.717, 1.165) is 0 Å². The van der Waals surface area contributed by atoms with Crippen molar-refractivity contribution in [1.29, 1.82) is 0 Å². The molecule has 0 radical (unpaired) electrons. The number of nitrogens with two attached hydrogens (primary N) is 1. The molecule has 0 aliphatic carbocycles. The maximum atomic E-state index is 11.9. The first kappa shape index (κ1) is 15.8. The van der Waals surface area contributed by atoms with E-state index in [1.54, 1.807) is 32.2 Å². The van der Waals surface area contributed by atoms with Gasteiger partial charge in [-0.2, -0.15) is 0 Å². The van der Waals surface area contributed by atoms with Crippen LogP contribution in [0.2, 0.25) is 5.02 Å². The maximum absolute atomic E-state index is 11.9. The van der Waals surface area contributed by atoms with E-state index >= 15 is 0 Å². The zero-order valence-corrected chi connectivity index (χ0v) is 12.0. The van der Waals surface area contributed by atoms with Gasteiger partial charge < -0.3 is 20.5 Å². The number of benzene rings is 1. The van der Waals surface area contributed by atoms with Crippen LogP contribution in [0.3, 0.4) is 0 Å². The molecule has 2 atom stereocenters. The fraction of sp³-hybridized carbons (Fsp3) is 0.462. The molecular formula is C13H19ClN2O3. The Balaban J connectivity index is 2.58. The van der Waals surface area contributed by atoms with Crippen molar-refractivity contribution in [2.45, 2.75) is 26.1 Å². The lowest BCUT2D eigenvalue weighted by Gasteiger charge is -2.18. The number of ether oxygens (including phenoxy) is 2. The van der Waals surface area contributed by atoms with E-state index in [2.05, 4.69) is 5.32 Å². The molecule has 0 saturated heterocycles. The summed E-state index contributed by atoms with van der Waals surface area (Å²) in [5.41, 5.74) is 6.69. The average molecular weight is 287 g/mol. The zero-order valence-electron chi connectivity index (χ0n) is 11.3. The number of nitrogens with one attached hydrogen (secondary N) is 1. The topological polar surface area (TPSA) is 73.6 Å². The van der Waals surface area contributed by atoms with Gasteiger partial charge in [0.25, 0.3) is 5.91 Å². The van der Waals surface area contributed by atoms with Crippen LogP contribution in [0.15, 0.2) is 18.2 Å². The van der Waals surface area contributed by atoms with Gasteiger partial charge in [-0.05, 0) is 32.0 Å². The SMILES string of the molecule is COCC(C)OC(C)C(=O)Nc1ccc(Cl)cc1N. The summed E-state index contributed by atoms with van der Waals surface area (Å²) in [6.07, 6.45) is -0.756. The molecule has 6 heteroatoms. The van der Waals surface area contributed by atoms with Gasteiger partial charge >= 0.3 is 0 Å². The van der Waals surface area contributed by atoms with Crippen LogP contribution in [0, 0.1) is 0 Å². The van der Waals surface area contributed by atoms with Gasteiger partial charge in [0.05, 0.1) is 24.1 Å². The normalized spacial score (nSPS) is 13.9. The van der Waals surface area contributed by atoms with E-state index in [9.17, 15) is 4.79 Å². The Hall–Kier alpha value is -1.30. The number of amides is 1. The fourth-order valence-electron chi connectivity index (χ4n) is 1.57. The minimum atomic E-state index is -0.597. The molecular weight excluding hydrogens is 268 g/mol. The predicted octanol–water partition coefficient (Wildman–Crippen LogP) is 2.30. The largest absolute Gasteiger partial charge is 0.397 e. The van der Waals surface area contributed by atoms with Gasteiger partial charge in [0, 0.05) is 12.1 Å². The van der Waals surface area contributed by atoms with E-state index in [1.807, 2.05) is 6.92 Å². The molecule has 19 heavy (non-hydrogen) atoms. The summed E-state index contributed by atoms with van der Waals surface area (Å²) in [5, 5.41) is 3.22. The number of anilines is 2. The number of nitrogen functional groups attached to an aromatic ring is 1. The monoisotopic (exact) mass is 286 g/mol. The van der Waals surface area contributed by atoms with Gasteiger partial charge in [-0.25, -0.2) is 0 Å². The molecule has 1 aromatic carbocycles. The summed E-state index contributed by atoms with van der Waals surface area (Å²) in [6.45, 7) is 3.94. The first-order valence-corrected chi connectivity index (χ1v) is 6.32. The molecule has 1 aromatic rings. The third-order valence-electron chi connectivity index (χ3n) is 2.48. The number of carbonyl (C=O) groups excluding carboxylic acids is 1. The Morgan fingerprint density at radius 2 is 2.16 bits per heavy atom. The second-order valence-electron chi connectivity index (χ2n) is 4.27. The molecule has 0 saturated carbocycles. The molecule has 0 aliphatic rings. The highest BCUT2D eigenvalue weighted by Crippen LogP contribution is 2.22. The van der Waals surface area contributed by atoms with Crippen molar-refractivity contribution in [1.82, 2.24) is 0 Å². The van der Waals surface area contributed by atoms with E-state index < -0.39 is 6.10 Å². The Labute approximate surface area is 118 Å². The molecule has 2 unspecified atom stereocenters. The van der Waals surface area contributed by atoms with Crippen molar-refractivity contribution in [3.8, 4) is 0 Å². The molecule has 0 aromatic heterocycles. The Kier molecular flexibility index (Phi) is 6.08. The minimum absolute atomic E-state index is 0.159. The summed E-state index contributed by atoms with van der Waals surface area (Å²) in [5.74, 6) is -0.267. The van der Waals surface area contributed by atoms with Crippen LogP contribution in [-0.2, 0) is 14.3 Å². The molecule has 5 nitrogen and oxygen atoms in total. The third kappa shape index (κ3) is 5.06. The second kappa shape index (κ2) is 7.33. The van der Waals surface area contributed by atoms with Crippen LogP contribution in [0.4, 0.5) is 11.4 Å². The standard InChI is InChI=1S/C13H19ClN2O3/c1-8(7-18-3)19-9(2)13(17)16-12-5-4-10(14)6-11(12)15/h4-6,8-9H,7,15H2,1-3H3,(H,16,17). The molecule has 0 bridgehead atoms. The van der Waals surface area contributed by atoms with E-state index in [4.69, 9.17) is 26.8 Å². The van der Waals surface area contributed by atoms with Gasteiger partial charge in [-0.1, -0.05) is 11.6 Å². The fourth-order valence-corrected chi connectivity index (χ4v) is 1.75. The summed E-state index contributed by atoms with van der Waals surface area (Å²) < 4.78 is 10.4. The Bertz CT molecular complexity index is 440. The van der Waals surface area contributed by atoms with Crippen molar-refractivity contribution >= 4 is 28.9 Å². The number of hydrogen-bond acceptors (Lipinski definition) is 4. The summed E-state index contributed by atoms with van der Waals surface area (Å²) in [4.78, 5) is 11.9. The average Bonchev–Trinajstić information content (AvgIpc) is 2.32. The lowest BCUT2D eigenvalue weighted by molar-refractivity contribution is -0.131. The highest BCUT2D eigenvalue weighted by atomic mass is 35.5. The third-order valence-corrected chi connectivity index (χ3v) is 2.71. The zero-order chi connectivity index (χ0) is 14.4. The molecule has 106 valence electrons. The van der Waals surface area contributed by atoms with Crippen LogP contribution < -0.4 is 11.1 Å². The number of rotatable bonds is 6. The van der Waals surface area contributed by atoms with Crippen molar-refractivity contribution in [3.63, 3.8) is 0 Å². The molecule has 0 aliphatic heterocycles. The number of methoxy groups -OCH3 is 1. The predicted molar refractivity (Wildman–Crippen MR) is 76.4 cm³/mol. The van der Waals surface area contributed by atoms with Crippen molar-refractivity contribution < 1.29 is 14.3 Å². The number of carbonyl (C=O) groups is 1. The van der Waals surface area contributed by atoms with Crippen LogP contribution in [0.1, 0.15) is 13.8 Å². The highest BCUT2D eigenvalue weighted by Gasteiger charge is 2.17. The van der Waals surface area contributed by atoms with Crippen LogP contribution in [0.25, 0.3) is 0 Å². The van der Waals surface area contributed by atoms with Crippen LogP contribution in [-0.4, -0.2) is 31.8 Å². The van der Waals surface area contributed by atoms with Crippen molar-refractivity contribution in [2.24, 2.45) is 0 Å². The molecule has 1 amide bonds. The van der Waals surface area contributed by atoms with E-state index in [1.165, 1.54) is 0 Å². The first-order valence-electron chi connectivity index (χ1n) is 5.94. The van der Waals surface area contributed by atoms with Gasteiger partial charge in [0.15, 0.2) is 0 Å². The van der Waals surface area contributed by atoms with Gasteiger partial charge in [-0.15, -0.1) is 0 Å². The van der Waals surface area contributed by atoms with Crippen molar-refractivity contribution in [2.75, 3.05) is 24.8 Å². The minimum Gasteiger partial charge on any atom is -0.397 e. The van der Waals surface area contributed by atoms with Crippen molar-refractivity contribution in [3.05, 3.63) is 23.2 Å². The highest BCUT2D eigenvalue weighted by molar-refractivity contribution is 6.31. The maximum Gasteiger partial charge on any atom is 0.253 e. The summed E-state index contributed by atoms with van der Waals surface area (Å²) >= 11 is 5.79. The first-order chi connectivity index (χ1) is 8.93.